The molecule has 0 aliphatic heterocycles. The molecule has 0 fully saturated rings. The lowest BCUT2D eigenvalue weighted by atomic mass is 9.84. The Balaban J connectivity index is 4.07. The van der Waals surface area contributed by atoms with E-state index in [-0.39, 0.29) is 13.0 Å². The van der Waals surface area contributed by atoms with Crippen LogP contribution in [0, 0.1) is 0 Å². The first kappa shape index (κ1) is 12.9. The Hall–Kier alpha value is -1.13. The molecule has 0 aromatic rings. The summed E-state index contributed by atoms with van der Waals surface area (Å²) in [5, 5.41) is 0. The van der Waals surface area contributed by atoms with Crippen LogP contribution in [0.25, 0.3) is 0 Å². The van der Waals surface area contributed by atoms with E-state index in [0.717, 1.165) is 6.08 Å². The molecule has 0 saturated heterocycles. The monoisotopic (exact) mass is 200 g/mol. The Labute approximate surface area is 83.0 Å². The number of esters is 1. The third-order valence-corrected chi connectivity index (χ3v) is 1.40. The smallest absolute Gasteiger partial charge is 0.300 e. The SMILES string of the molecule is [B]C(C/C=C(/F)C(=C)F)C(=O)OCC. The molecule has 0 aliphatic carbocycles. The number of allylic oxidation sites excluding steroid dienone is 3. The molecule has 14 heavy (non-hydrogen) atoms. The molecule has 0 aliphatic rings. The van der Waals surface area contributed by atoms with Crippen LogP contribution in [0.1, 0.15) is 13.3 Å². The first-order valence-electron chi connectivity index (χ1n) is 4.11. The van der Waals surface area contributed by atoms with Crippen molar-refractivity contribution in [1.82, 2.24) is 0 Å². The quantitative estimate of drug-likeness (QED) is 0.386. The van der Waals surface area contributed by atoms with Gasteiger partial charge >= 0.3 is 0 Å². The van der Waals surface area contributed by atoms with E-state index in [0.29, 0.717) is 0 Å². The van der Waals surface area contributed by atoms with Crippen molar-refractivity contribution in [3.05, 3.63) is 24.3 Å². The Morgan fingerprint density at radius 2 is 2.21 bits per heavy atom. The third kappa shape index (κ3) is 4.79. The van der Waals surface area contributed by atoms with Crippen LogP contribution in [-0.2, 0) is 9.53 Å². The van der Waals surface area contributed by atoms with E-state index in [1.54, 1.807) is 6.92 Å². The molecule has 0 amide bonds. The molecular formula is C9H11BF2O2. The normalized spacial score (nSPS) is 13.5. The summed E-state index contributed by atoms with van der Waals surface area (Å²) >= 11 is 0. The fourth-order valence-corrected chi connectivity index (χ4v) is 0.687. The van der Waals surface area contributed by atoms with Gasteiger partial charge in [-0.3, -0.25) is 4.79 Å². The molecular weight excluding hydrogens is 189 g/mol. The van der Waals surface area contributed by atoms with E-state index >= 15 is 0 Å². The van der Waals surface area contributed by atoms with Crippen LogP contribution in [0.4, 0.5) is 8.78 Å². The summed E-state index contributed by atoms with van der Waals surface area (Å²) in [6.45, 7) is 4.58. The Morgan fingerprint density at radius 1 is 1.64 bits per heavy atom. The zero-order valence-electron chi connectivity index (χ0n) is 7.93. The summed E-state index contributed by atoms with van der Waals surface area (Å²) in [5.74, 6) is -3.90. The molecule has 0 bridgehead atoms. The van der Waals surface area contributed by atoms with Crippen LogP contribution in [-0.4, -0.2) is 20.4 Å². The molecule has 0 heterocycles. The highest BCUT2D eigenvalue weighted by molar-refractivity contribution is 6.22. The van der Waals surface area contributed by atoms with Crippen LogP contribution in [0.15, 0.2) is 24.3 Å². The zero-order valence-corrected chi connectivity index (χ0v) is 7.93. The number of carbonyl (C=O) groups is 1. The lowest BCUT2D eigenvalue weighted by molar-refractivity contribution is -0.142. The van der Waals surface area contributed by atoms with Crippen molar-refractivity contribution in [2.75, 3.05) is 6.61 Å². The highest BCUT2D eigenvalue weighted by Gasteiger charge is 2.12. The van der Waals surface area contributed by atoms with E-state index in [2.05, 4.69) is 11.3 Å². The van der Waals surface area contributed by atoms with Crippen molar-refractivity contribution in [3.63, 3.8) is 0 Å². The molecule has 0 saturated carbocycles. The van der Waals surface area contributed by atoms with Gasteiger partial charge < -0.3 is 4.74 Å². The Bertz CT molecular complexity index is 251. The predicted octanol–water partition coefficient (Wildman–Crippen LogP) is 2.23. The van der Waals surface area contributed by atoms with Gasteiger partial charge in [0.25, 0.3) is 5.97 Å². The topological polar surface area (TPSA) is 26.3 Å². The number of hydrogen-bond donors (Lipinski definition) is 0. The van der Waals surface area contributed by atoms with Crippen molar-refractivity contribution < 1.29 is 18.3 Å². The van der Waals surface area contributed by atoms with Gasteiger partial charge in [-0.2, -0.15) is 0 Å². The van der Waals surface area contributed by atoms with Crippen LogP contribution < -0.4 is 0 Å². The second-order valence-corrected chi connectivity index (χ2v) is 2.55. The average Bonchev–Trinajstić information content (AvgIpc) is 2.13. The maximum Gasteiger partial charge on any atom is 0.300 e. The number of rotatable bonds is 5. The molecule has 1 atom stereocenters. The van der Waals surface area contributed by atoms with Crippen molar-refractivity contribution in [1.29, 1.82) is 0 Å². The fraction of sp³-hybridized carbons (Fsp3) is 0.444. The van der Waals surface area contributed by atoms with Gasteiger partial charge in [-0.05, 0) is 19.4 Å². The summed E-state index contributed by atoms with van der Waals surface area (Å²) in [4.78, 5) is 10.9. The summed E-state index contributed by atoms with van der Waals surface area (Å²) in [6, 6.07) is 0. The van der Waals surface area contributed by atoms with Crippen molar-refractivity contribution >= 4 is 13.8 Å². The highest BCUT2D eigenvalue weighted by Crippen LogP contribution is 2.16. The van der Waals surface area contributed by atoms with Crippen molar-refractivity contribution in [2.24, 2.45) is 0 Å². The van der Waals surface area contributed by atoms with Crippen LogP contribution in [0.3, 0.4) is 0 Å². The molecule has 5 heteroatoms. The summed E-state index contributed by atoms with van der Waals surface area (Å²) in [6.07, 6.45) is 0.748. The van der Waals surface area contributed by atoms with Gasteiger partial charge in [-0.1, -0.05) is 6.58 Å². The fourth-order valence-electron chi connectivity index (χ4n) is 0.687. The summed E-state index contributed by atoms with van der Waals surface area (Å²) in [5.41, 5.74) is 0. The van der Waals surface area contributed by atoms with Crippen molar-refractivity contribution in [2.45, 2.75) is 19.2 Å². The second kappa shape index (κ2) is 6.35. The number of ether oxygens (including phenoxy) is 1. The average molecular weight is 200 g/mol. The summed E-state index contributed by atoms with van der Waals surface area (Å²) in [7, 11) is 5.31. The Morgan fingerprint density at radius 3 is 2.64 bits per heavy atom. The first-order chi connectivity index (χ1) is 6.49. The zero-order chi connectivity index (χ0) is 11.1. The molecule has 0 spiro atoms. The Kier molecular flexibility index (Phi) is 5.84. The van der Waals surface area contributed by atoms with Gasteiger partial charge in [0.15, 0.2) is 11.7 Å². The molecule has 2 radical (unpaired) electrons. The van der Waals surface area contributed by atoms with Gasteiger partial charge in [-0.15, -0.1) is 0 Å². The van der Waals surface area contributed by atoms with E-state index in [4.69, 9.17) is 7.85 Å². The van der Waals surface area contributed by atoms with E-state index < -0.39 is 23.4 Å². The molecule has 0 rings (SSSR count). The molecule has 2 nitrogen and oxygen atoms in total. The third-order valence-electron chi connectivity index (χ3n) is 1.40. The van der Waals surface area contributed by atoms with Gasteiger partial charge in [0, 0.05) is 5.82 Å². The standard InChI is InChI=1S/C9H11BF2O2/c1-3-14-9(13)7(10)4-5-8(12)6(2)11/h5,7H,2-4H2,1H3/b8-5+. The van der Waals surface area contributed by atoms with Crippen molar-refractivity contribution in [3.8, 4) is 0 Å². The highest BCUT2D eigenvalue weighted by atomic mass is 19.2. The molecule has 0 aromatic heterocycles. The number of hydrogen-bond acceptors (Lipinski definition) is 2. The maximum absolute atomic E-state index is 12.5. The minimum Gasteiger partial charge on any atom is -0.466 e. The van der Waals surface area contributed by atoms with Gasteiger partial charge in [0.05, 0.1) is 14.5 Å². The van der Waals surface area contributed by atoms with Crippen LogP contribution in [0.2, 0.25) is 5.82 Å². The molecule has 1 unspecified atom stereocenters. The van der Waals surface area contributed by atoms with E-state index in [1.807, 2.05) is 0 Å². The van der Waals surface area contributed by atoms with Crippen LogP contribution >= 0.6 is 0 Å². The van der Waals surface area contributed by atoms with Gasteiger partial charge in [-0.25, -0.2) is 8.78 Å². The largest absolute Gasteiger partial charge is 0.466 e. The molecule has 0 N–H and O–H groups in total. The van der Waals surface area contributed by atoms with Gasteiger partial charge in [0.1, 0.15) is 0 Å². The molecule has 0 aromatic carbocycles. The van der Waals surface area contributed by atoms with Gasteiger partial charge in [0.2, 0.25) is 0 Å². The lowest BCUT2D eigenvalue weighted by Crippen LogP contribution is -2.11. The second-order valence-electron chi connectivity index (χ2n) is 2.55. The molecule has 76 valence electrons. The minimum absolute atomic E-state index is 0.117. The first-order valence-corrected chi connectivity index (χ1v) is 4.11. The minimum atomic E-state index is -1.18. The van der Waals surface area contributed by atoms with Crippen LogP contribution in [0.5, 0.6) is 0 Å². The summed E-state index contributed by atoms with van der Waals surface area (Å²) < 4.78 is 29.2. The predicted molar refractivity (Wildman–Crippen MR) is 50.2 cm³/mol. The van der Waals surface area contributed by atoms with E-state index in [1.165, 1.54) is 0 Å². The lowest BCUT2D eigenvalue weighted by Gasteiger charge is -2.07. The number of halogens is 2. The maximum atomic E-state index is 12.5. The number of carbonyl (C=O) groups excluding carboxylic acids is 1. The van der Waals surface area contributed by atoms with E-state index in [9.17, 15) is 13.6 Å².